The average molecular weight is 190 g/mol. The molecule has 3 nitrogen and oxygen atoms in total. The molecule has 0 aliphatic rings. The topological polar surface area (TPSA) is 54.4 Å². The summed E-state index contributed by atoms with van der Waals surface area (Å²) >= 11 is 0. The van der Waals surface area contributed by atoms with E-state index in [0.717, 1.165) is 6.42 Å². The summed E-state index contributed by atoms with van der Waals surface area (Å²) in [4.78, 5) is 0. The van der Waals surface area contributed by atoms with Gasteiger partial charge in [-0.15, -0.1) is 0 Å². The van der Waals surface area contributed by atoms with Gasteiger partial charge in [-0.3, -0.25) is 4.55 Å². The van der Waals surface area contributed by atoms with Gasteiger partial charge in [0.25, 0.3) is 10.1 Å². The third-order valence-corrected chi connectivity index (χ3v) is 1.99. The molecular formula is C6H15NaO3S. The summed E-state index contributed by atoms with van der Waals surface area (Å²) in [5, 5.41) is 0. The van der Waals surface area contributed by atoms with Crippen molar-refractivity contribution in [3.63, 3.8) is 0 Å². The fourth-order valence-corrected chi connectivity index (χ4v) is 1.21. The zero-order valence-electron chi connectivity index (χ0n) is 6.37. The van der Waals surface area contributed by atoms with Gasteiger partial charge in [0.1, 0.15) is 0 Å². The van der Waals surface area contributed by atoms with Crippen LogP contribution in [0.15, 0.2) is 0 Å². The molecule has 0 aromatic heterocycles. The Morgan fingerprint density at radius 3 is 2.09 bits per heavy atom. The van der Waals surface area contributed by atoms with E-state index in [2.05, 4.69) is 0 Å². The van der Waals surface area contributed by atoms with Crippen LogP contribution in [0.2, 0.25) is 0 Å². The second kappa shape index (κ2) is 6.43. The predicted octanol–water partition coefficient (Wildman–Crippen LogP) is 0.662. The summed E-state index contributed by atoms with van der Waals surface area (Å²) in [6.07, 6.45) is 1.40. The Labute approximate surface area is 90.6 Å². The van der Waals surface area contributed by atoms with Crippen LogP contribution >= 0.6 is 0 Å². The van der Waals surface area contributed by atoms with E-state index in [9.17, 15) is 8.42 Å². The summed E-state index contributed by atoms with van der Waals surface area (Å²) in [7, 11) is -3.72. The molecule has 0 unspecified atom stereocenters. The van der Waals surface area contributed by atoms with Crippen molar-refractivity contribution in [2.75, 3.05) is 5.75 Å². The zero-order chi connectivity index (χ0) is 8.20. The van der Waals surface area contributed by atoms with Crippen LogP contribution in [0.3, 0.4) is 0 Å². The molecule has 0 saturated heterocycles. The van der Waals surface area contributed by atoms with Crippen molar-refractivity contribution < 1.29 is 13.0 Å². The predicted molar refractivity (Wildman–Crippen MR) is 47.6 cm³/mol. The Morgan fingerprint density at radius 2 is 1.82 bits per heavy atom. The third-order valence-electron chi connectivity index (χ3n) is 1.18. The maximum atomic E-state index is 10.2. The molecule has 0 saturated carbocycles. The number of hydrogen-bond donors (Lipinski definition) is 1. The summed E-state index contributed by atoms with van der Waals surface area (Å²) in [5.74, 6) is 0.396. The molecule has 0 atom stereocenters. The molecule has 0 heterocycles. The molecule has 64 valence electrons. The van der Waals surface area contributed by atoms with Crippen molar-refractivity contribution in [1.82, 2.24) is 0 Å². The van der Waals surface area contributed by atoms with E-state index in [1.165, 1.54) is 0 Å². The van der Waals surface area contributed by atoms with Crippen molar-refractivity contribution in [3.8, 4) is 0 Å². The van der Waals surface area contributed by atoms with Gasteiger partial charge in [-0.1, -0.05) is 13.8 Å². The van der Waals surface area contributed by atoms with Crippen molar-refractivity contribution in [2.24, 2.45) is 5.92 Å². The van der Waals surface area contributed by atoms with E-state index >= 15 is 0 Å². The minimum absolute atomic E-state index is 0. The van der Waals surface area contributed by atoms with Crippen LogP contribution in [0.5, 0.6) is 0 Å². The quantitative estimate of drug-likeness (QED) is 0.523. The van der Waals surface area contributed by atoms with Crippen LogP contribution < -0.4 is 0 Å². The molecule has 1 N–H and O–H groups in total. The summed E-state index contributed by atoms with van der Waals surface area (Å²) in [6.45, 7) is 4.04. The summed E-state index contributed by atoms with van der Waals surface area (Å²) < 4.78 is 28.6. The first-order valence-electron chi connectivity index (χ1n) is 3.37. The minimum atomic E-state index is -3.72. The first kappa shape index (κ1) is 14.4. The molecular weight excluding hydrogens is 175 g/mol. The molecule has 0 spiro atoms. The Morgan fingerprint density at radius 1 is 1.36 bits per heavy atom. The van der Waals surface area contributed by atoms with E-state index in [1.807, 2.05) is 13.8 Å². The number of hydrogen-bond acceptors (Lipinski definition) is 2. The maximum absolute atomic E-state index is 10.2. The van der Waals surface area contributed by atoms with Crippen LogP contribution in [0, 0.1) is 5.92 Å². The van der Waals surface area contributed by atoms with E-state index < -0.39 is 10.1 Å². The first-order valence-corrected chi connectivity index (χ1v) is 4.98. The molecule has 0 amide bonds. The normalized spacial score (nSPS) is 11.3. The Balaban J connectivity index is 0. The molecule has 0 aromatic carbocycles. The van der Waals surface area contributed by atoms with Gasteiger partial charge in [-0.05, 0) is 18.8 Å². The molecule has 5 heteroatoms. The van der Waals surface area contributed by atoms with E-state index in [0.29, 0.717) is 12.3 Å². The van der Waals surface area contributed by atoms with Crippen molar-refractivity contribution in [1.29, 1.82) is 0 Å². The van der Waals surface area contributed by atoms with Gasteiger partial charge in [-0.25, -0.2) is 0 Å². The van der Waals surface area contributed by atoms with Crippen LogP contribution in [-0.4, -0.2) is 48.3 Å². The summed E-state index contributed by atoms with van der Waals surface area (Å²) in [5.41, 5.74) is 0. The molecule has 0 bridgehead atoms. The monoisotopic (exact) mass is 190 g/mol. The van der Waals surface area contributed by atoms with Crippen LogP contribution in [0.25, 0.3) is 0 Å². The average Bonchev–Trinajstić information content (AvgIpc) is 1.59. The van der Waals surface area contributed by atoms with Crippen LogP contribution in [-0.2, 0) is 10.1 Å². The summed E-state index contributed by atoms with van der Waals surface area (Å²) in [6, 6.07) is 0. The van der Waals surface area contributed by atoms with Gasteiger partial charge in [0.2, 0.25) is 0 Å². The van der Waals surface area contributed by atoms with E-state index in [4.69, 9.17) is 4.55 Å². The van der Waals surface area contributed by atoms with Crippen molar-refractivity contribution in [3.05, 3.63) is 0 Å². The molecule has 0 radical (unpaired) electrons. The SMILES string of the molecule is CC(C)CCCS(=O)(=O)O.[NaH]. The second-order valence-electron chi connectivity index (χ2n) is 2.82. The third kappa shape index (κ3) is 13.8. The van der Waals surface area contributed by atoms with Crippen molar-refractivity contribution in [2.45, 2.75) is 26.7 Å². The Bertz CT molecular complexity index is 174. The van der Waals surface area contributed by atoms with Gasteiger partial charge in [0, 0.05) is 0 Å². The Kier molecular flexibility index (Phi) is 8.44. The Hall–Kier alpha value is 0.910. The van der Waals surface area contributed by atoms with Crippen molar-refractivity contribution >= 4 is 39.7 Å². The zero-order valence-corrected chi connectivity index (χ0v) is 7.19. The van der Waals surface area contributed by atoms with Crippen LogP contribution in [0.1, 0.15) is 26.7 Å². The van der Waals surface area contributed by atoms with E-state index in [-0.39, 0.29) is 35.3 Å². The molecule has 0 fully saturated rings. The molecule has 0 aliphatic carbocycles. The van der Waals surface area contributed by atoms with Crippen LogP contribution in [0.4, 0.5) is 0 Å². The molecule has 11 heavy (non-hydrogen) atoms. The van der Waals surface area contributed by atoms with Gasteiger partial charge in [0.05, 0.1) is 5.75 Å². The number of rotatable bonds is 4. The van der Waals surface area contributed by atoms with Gasteiger partial charge in [0.15, 0.2) is 0 Å². The second-order valence-corrected chi connectivity index (χ2v) is 4.39. The fourth-order valence-electron chi connectivity index (χ4n) is 0.674. The molecule has 0 aromatic rings. The molecule has 0 aliphatic heterocycles. The van der Waals surface area contributed by atoms with Gasteiger partial charge < -0.3 is 0 Å². The van der Waals surface area contributed by atoms with E-state index in [1.54, 1.807) is 0 Å². The standard InChI is InChI=1S/C6H14O3S.Na.H/c1-6(2)4-3-5-10(7,8)9;;/h6H,3-5H2,1-2H3,(H,7,8,9);;. The fraction of sp³-hybridized carbons (Fsp3) is 1.00. The first-order chi connectivity index (χ1) is 4.42. The van der Waals surface area contributed by atoms with Gasteiger partial charge >= 0.3 is 29.6 Å². The van der Waals surface area contributed by atoms with Gasteiger partial charge in [-0.2, -0.15) is 8.42 Å². The molecule has 0 rings (SSSR count).